The van der Waals surface area contributed by atoms with Gasteiger partial charge in [-0.3, -0.25) is 9.36 Å². The first-order valence-corrected chi connectivity index (χ1v) is 15.2. The fraction of sp³-hybridized carbons (Fsp3) is 0.167. The molecule has 0 saturated heterocycles. The molecule has 0 N–H and O–H groups in total. The number of halogens is 3. The van der Waals surface area contributed by atoms with Gasteiger partial charge in [0.15, 0.2) is 4.80 Å². The fourth-order valence-electron chi connectivity index (χ4n) is 4.49. The Morgan fingerprint density at radius 3 is 2.58 bits per heavy atom. The van der Waals surface area contributed by atoms with Crippen molar-refractivity contribution < 1.29 is 14.3 Å². The molecule has 1 aliphatic rings. The maximum atomic E-state index is 14.0. The SMILES string of the molecule is CCOC(=O)C1=C(C)N=c2s/c(=C\c3cc(Br)cc(Br)c3OCc3ccccc3)c(=O)n2[C@H]1c1ccccc1Cl. The second-order valence-electron chi connectivity index (χ2n) is 8.90. The third-order valence-corrected chi connectivity index (χ3v) is 8.64. The van der Waals surface area contributed by atoms with Gasteiger partial charge in [-0.1, -0.05) is 87.4 Å². The summed E-state index contributed by atoms with van der Waals surface area (Å²) in [5.74, 6) is 0.0689. The average molecular weight is 703 g/mol. The second-order valence-corrected chi connectivity index (χ2v) is 12.1. The molecule has 6 nitrogen and oxygen atoms in total. The zero-order valence-corrected chi connectivity index (χ0v) is 26.2. The van der Waals surface area contributed by atoms with Gasteiger partial charge < -0.3 is 9.47 Å². The molecule has 0 amide bonds. The van der Waals surface area contributed by atoms with E-state index in [0.29, 0.717) is 43.5 Å². The van der Waals surface area contributed by atoms with Crippen LogP contribution in [0.25, 0.3) is 6.08 Å². The minimum Gasteiger partial charge on any atom is -0.487 e. The summed E-state index contributed by atoms with van der Waals surface area (Å²) >= 11 is 15.0. The van der Waals surface area contributed by atoms with Gasteiger partial charge in [-0.2, -0.15) is 0 Å². The molecule has 204 valence electrons. The van der Waals surface area contributed by atoms with Crippen LogP contribution in [0.2, 0.25) is 5.02 Å². The van der Waals surface area contributed by atoms with Gasteiger partial charge >= 0.3 is 5.97 Å². The highest BCUT2D eigenvalue weighted by molar-refractivity contribution is 9.11. The van der Waals surface area contributed by atoms with Crippen molar-refractivity contribution in [1.82, 2.24) is 4.57 Å². The van der Waals surface area contributed by atoms with Crippen LogP contribution in [0.1, 0.15) is 36.6 Å². The van der Waals surface area contributed by atoms with Gasteiger partial charge in [0.25, 0.3) is 5.56 Å². The number of hydrogen-bond donors (Lipinski definition) is 0. The molecule has 0 bridgehead atoms. The molecular formula is C30H23Br2ClN2O4S. The summed E-state index contributed by atoms with van der Waals surface area (Å²) in [5.41, 5.74) is 2.81. The molecule has 0 fully saturated rings. The Kier molecular flexibility index (Phi) is 8.75. The lowest BCUT2D eigenvalue weighted by Crippen LogP contribution is -2.40. The van der Waals surface area contributed by atoms with Crippen LogP contribution < -0.4 is 19.6 Å². The molecule has 1 aromatic heterocycles. The number of thiazole rings is 1. The van der Waals surface area contributed by atoms with Crippen LogP contribution >= 0.6 is 54.8 Å². The van der Waals surface area contributed by atoms with E-state index in [4.69, 9.17) is 21.1 Å². The summed E-state index contributed by atoms with van der Waals surface area (Å²) in [6, 6.07) is 20.0. The number of allylic oxidation sites excluding steroid dienone is 1. The maximum Gasteiger partial charge on any atom is 0.338 e. The normalized spacial score (nSPS) is 15.0. The van der Waals surface area contributed by atoms with Gasteiger partial charge in [0.05, 0.1) is 26.9 Å². The van der Waals surface area contributed by atoms with Gasteiger partial charge in [-0.25, -0.2) is 9.79 Å². The molecule has 0 unspecified atom stereocenters. The smallest absolute Gasteiger partial charge is 0.338 e. The van der Waals surface area contributed by atoms with E-state index >= 15 is 0 Å². The van der Waals surface area contributed by atoms with E-state index in [1.54, 1.807) is 32.1 Å². The highest BCUT2D eigenvalue weighted by Gasteiger charge is 2.34. The van der Waals surface area contributed by atoms with Crippen molar-refractivity contribution in [3.63, 3.8) is 0 Å². The Hall–Kier alpha value is -2.98. The van der Waals surface area contributed by atoms with E-state index in [-0.39, 0.29) is 17.7 Å². The van der Waals surface area contributed by atoms with Crippen LogP contribution in [0.4, 0.5) is 0 Å². The number of nitrogens with zero attached hydrogens (tertiary/aromatic N) is 2. The van der Waals surface area contributed by atoms with Gasteiger partial charge in [-0.05, 0) is 65.2 Å². The van der Waals surface area contributed by atoms with E-state index in [2.05, 4.69) is 36.9 Å². The quantitative estimate of drug-likeness (QED) is 0.205. The van der Waals surface area contributed by atoms with Crippen molar-refractivity contribution in [2.24, 2.45) is 4.99 Å². The Labute approximate surface area is 256 Å². The van der Waals surface area contributed by atoms with Gasteiger partial charge in [0.2, 0.25) is 0 Å². The summed E-state index contributed by atoms with van der Waals surface area (Å²) in [5, 5.41) is 0.436. The first-order chi connectivity index (χ1) is 19.3. The predicted octanol–water partition coefficient (Wildman–Crippen LogP) is 6.56. The number of ether oxygens (including phenoxy) is 2. The maximum absolute atomic E-state index is 14.0. The molecule has 1 aliphatic heterocycles. The molecule has 5 rings (SSSR count). The minimum atomic E-state index is -0.783. The van der Waals surface area contributed by atoms with E-state index in [9.17, 15) is 9.59 Å². The highest BCUT2D eigenvalue weighted by atomic mass is 79.9. The molecule has 0 saturated carbocycles. The third-order valence-electron chi connectivity index (χ3n) is 6.27. The highest BCUT2D eigenvalue weighted by Crippen LogP contribution is 2.36. The molecule has 0 radical (unpaired) electrons. The lowest BCUT2D eigenvalue weighted by molar-refractivity contribution is -0.139. The molecule has 10 heteroatoms. The Morgan fingerprint density at radius 2 is 1.85 bits per heavy atom. The minimum absolute atomic E-state index is 0.193. The van der Waals surface area contributed by atoms with Crippen LogP contribution in [0.5, 0.6) is 5.75 Å². The van der Waals surface area contributed by atoms with Crippen LogP contribution in [0.3, 0.4) is 0 Å². The summed E-state index contributed by atoms with van der Waals surface area (Å²) in [6.45, 7) is 4.03. The number of fused-ring (bicyclic) bond motifs is 1. The van der Waals surface area contributed by atoms with E-state index < -0.39 is 12.0 Å². The topological polar surface area (TPSA) is 69.9 Å². The van der Waals surface area contributed by atoms with Crippen molar-refractivity contribution in [3.05, 3.63) is 128 Å². The predicted molar refractivity (Wildman–Crippen MR) is 164 cm³/mol. The standard InChI is InChI=1S/C30H23Br2ClN2O4S/c1-3-38-29(37)25-17(2)34-30-35(26(25)21-11-7-8-12-23(21)33)28(36)24(40-30)14-19-13-20(31)15-22(32)27(19)39-16-18-9-5-4-6-10-18/h4-15,26H,3,16H2,1-2H3/b24-14-/t26-/m0/s1. The summed E-state index contributed by atoms with van der Waals surface area (Å²) in [6.07, 6.45) is 1.78. The van der Waals surface area contributed by atoms with E-state index in [1.807, 2.05) is 54.6 Å². The largest absolute Gasteiger partial charge is 0.487 e. The molecule has 40 heavy (non-hydrogen) atoms. The summed E-state index contributed by atoms with van der Waals surface area (Å²) in [7, 11) is 0. The van der Waals surface area contributed by atoms with E-state index in [0.717, 1.165) is 14.5 Å². The number of hydrogen-bond acceptors (Lipinski definition) is 6. The zero-order valence-electron chi connectivity index (χ0n) is 21.5. The monoisotopic (exact) mass is 700 g/mol. The first-order valence-electron chi connectivity index (χ1n) is 12.4. The average Bonchev–Trinajstić information content (AvgIpc) is 3.22. The molecule has 0 aliphatic carbocycles. The molecule has 0 spiro atoms. The Morgan fingerprint density at radius 1 is 1.12 bits per heavy atom. The number of carbonyl (C=O) groups is 1. The lowest BCUT2D eigenvalue weighted by Gasteiger charge is -2.25. The first kappa shape index (κ1) is 28.5. The lowest BCUT2D eigenvalue weighted by atomic mass is 9.96. The second kappa shape index (κ2) is 12.3. The summed E-state index contributed by atoms with van der Waals surface area (Å²) in [4.78, 5) is 32.2. The molecule has 4 aromatic rings. The van der Waals surface area contributed by atoms with Crippen molar-refractivity contribution in [2.75, 3.05) is 6.61 Å². The molecule has 2 heterocycles. The van der Waals surface area contributed by atoms with E-state index in [1.165, 1.54) is 15.9 Å². The molecule has 1 atom stereocenters. The van der Waals surface area contributed by atoms with Crippen LogP contribution in [-0.2, 0) is 16.1 Å². The Bertz CT molecular complexity index is 1820. The zero-order chi connectivity index (χ0) is 28.4. The molecular weight excluding hydrogens is 680 g/mol. The van der Waals surface area contributed by atoms with Gasteiger partial charge in [-0.15, -0.1) is 0 Å². The molecule has 3 aromatic carbocycles. The van der Waals surface area contributed by atoms with Gasteiger partial charge in [0.1, 0.15) is 18.4 Å². The van der Waals surface area contributed by atoms with Crippen molar-refractivity contribution in [2.45, 2.75) is 26.5 Å². The fourth-order valence-corrected chi connectivity index (χ4v) is 7.14. The van der Waals surface area contributed by atoms with Crippen molar-refractivity contribution >= 4 is 66.8 Å². The number of aromatic nitrogens is 1. The summed E-state index contributed by atoms with van der Waals surface area (Å²) < 4.78 is 15.1. The van der Waals surface area contributed by atoms with Crippen molar-refractivity contribution in [1.29, 1.82) is 0 Å². The number of rotatable bonds is 7. The van der Waals surface area contributed by atoms with Crippen LogP contribution in [0.15, 0.2) is 96.7 Å². The number of benzene rings is 3. The number of esters is 1. The third kappa shape index (κ3) is 5.74. The van der Waals surface area contributed by atoms with Crippen LogP contribution in [0, 0.1) is 0 Å². The Balaban J connectivity index is 1.67. The van der Waals surface area contributed by atoms with Crippen LogP contribution in [-0.4, -0.2) is 17.1 Å². The van der Waals surface area contributed by atoms with Gasteiger partial charge in [0, 0.05) is 15.1 Å². The number of carbonyl (C=O) groups excluding carboxylic acids is 1. The van der Waals surface area contributed by atoms with Crippen molar-refractivity contribution in [3.8, 4) is 5.75 Å².